The molecule has 27 heavy (non-hydrogen) atoms. The monoisotopic (exact) mass is 395 g/mol. The zero-order valence-electron chi connectivity index (χ0n) is 16.8. The lowest BCUT2D eigenvalue weighted by Crippen LogP contribution is -2.28. The number of ether oxygens (including phenoxy) is 2. The molecule has 150 valence electrons. The minimum atomic E-state index is -0.615. The van der Waals surface area contributed by atoms with Gasteiger partial charge in [0.15, 0.2) is 0 Å². The van der Waals surface area contributed by atoms with E-state index in [9.17, 15) is 14.4 Å². The Labute approximate surface area is 164 Å². The van der Waals surface area contributed by atoms with Gasteiger partial charge in [0.2, 0.25) is 5.91 Å². The summed E-state index contributed by atoms with van der Waals surface area (Å²) in [5.74, 6) is -0.994. The highest BCUT2D eigenvalue weighted by Gasteiger charge is 2.35. The van der Waals surface area contributed by atoms with Crippen LogP contribution in [0.25, 0.3) is 0 Å². The fraction of sp³-hybridized carbons (Fsp3) is 0.650. The average molecular weight is 396 g/mol. The second kappa shape index (κ2) is 8.87. The van der Waals surface area contributed by atoms with Crippen molar-refractivity contribution in [2.45, 2.75) is 59.8 Å². The Kier molecular flexibility index (Phi) is 7.03. The second-order valence-electron chi connectivity index (χ2n) is 7.51. The molecule has 0 unspecified atom stereocenters. The molecule has 0 radical (unpaired) electrons. The van der Waals surface area contributed by atoms with Crippen molar-refractivity contribution in [1.82, 2.24) is 0 Å². The van der Waals surface area contributed by atoms with Gasteiger partial charge in [-0.15, -0.1) is 11.3 Å². The summed E-state index contributed by atoms with van der Waals surface area (Å²) in [6.45, 7) is 8.78. The quantitative estimate of drug-likeness (QED) is 0.558. The molecular formula is C20H29NO5S. The van der Waals surface area contributed by atoms with Gasteiger partial charge in [0.1, 0.15) is 11.4 Å². The molecule has 7 heteroatoms. The van der Waals surface area contributed by atoms with Crippen LogP contribution in [0.5, 0.6) is 0 Å². The summed E-state index contributed by atoms with van der Waals surface area (Å²) in [6.07, 6.45) is 3.40. The number of rotatable bonds is 7. The zero-order chi connectivity index (χ0) is 20.2. The zero-order valence-corrected chi connectivity index (χ0v) is 17.6. The summed E-state index contributed by atoms with van der Waals surface area (Å²) in [4.78, 5) is 37.1. The van der Waals surface area contributed by atoms with E-state index in [-0.39, 0.29) is 18.4 Å². The first-order valence-corrected chi connectivity index (χ1v) is 10.2. The molecule has 1 aliphatic rings. The molecule has 2 rings (SSSR count). The largest absolute Gasteiger partial charge is 0.469 e. The summed E-state index contributed by atoms with van der Waals surface area (Å²) in [5.41, 5.74) is 1.65. The fourth-order valence-corrected chi connectivity index (χ4v) is 4.75. The molecule has 0 saturated carbocycles. The second-order valence-corrected chi connectivity index (χ2v) is 8.62. The van der Waals surface area contributed by atoms with E-state index in [2.05, 4.69) is 30.8 Å². The standard InChI is InChI=1S/C20H29NO5S/c1-6-20(3,4)12-8-9-13-14(10-12)27-18(17(13)19(24)26-7-2)21-15(22)11-16(23)25-5/h12H,6-11H2,1-5H3,(H,21,22)/t12-/m1/s1. The molecule has 0 fully saturated rings. The van der Waals surface area contributed by atoms with E-state index in [1.165, 1.54) is 18.4 Å². The minimum Gasteiger partial charge on any atom is -0.469 e. The number of thiophene rings is 1. The average Bonchev–Trinajstić information content (AvgIpc) is 2.98. The van der Waals surface area contributed by atoms with Gasteiger partial charge in [0.05, 0.1) is 19.3 Å². The molecule has 1 atom stereocenters. The van der Waals surface area contributed by atoms with Crippen molar-refractivity contribution in [3.05, 3.63) is 16.0 Å². The van der Waals surface area contributed by atoms with E-state index < -0.39 is 17.8 Å². The molecule has 0 saturated heterocycles. The van der Waals surface area contributed by atoms with Gasteiger partial charge in [-0.05, 0) is 43.1 Å². The van der Waals surface area contributed by atoms with Crippen molar-refractivity contribution in [2.75, 3.05) is 19.0 Å². The topological polar surface area (TPSA) is 81.7 Å². The van der Waals surface area contributed by atoms with Crippen LogP contribution in [-0.4, -0.2) is 31.6 Å². The lowest BCUT2D eigenvalue weighted by atomic mass is 9.69. The maximum Gasteiger partial charge on any atom is 0.341 e. The highest BCUT2D eigenvalue weighted by Crippen LogP contribution is 2.45. The summed E-state index contributed by atoms with van der Waals surface area (Å²) >= 11 is 1.42. The minimum absolute atomic E-state index is 0.222. The van der Waals surface area contributed by atoms with Crippen molar-refractivity contribution in [3.8, 4) is 0 Å². The molecular weight excluding hydrogens is 366 g/mol. The molecule has 6 nitrogen and oxygen atoms in total. The van der Waals surface area contributed by atoms with E-state index in [1.54, 1.807) is 6.92 Å². The number of nitrogens with one attached hydrogen (secondary N) is 1. The van der Waals surface area contributed by atoms with Gasteiger partial charge in [0, 0.05) is 4.88 Å². The Hall–Kier alpha value is -1.89. The van der Waals surface area contributed by atoms with Gasteiger partial charge < -0.3 is 14.8 Å². The Balaban J connectivity index is 2.33. The van der Waals surface area contributed by atoms with Gasteiger partial charge in [-0.3, -0.25) is 9.59 Å². The predicted octanol–water partition coefficient (Wildman–Crippen LogP) is 3.97. The normalized spacial score (nSPS) is 16.4. The Bertz CT molecular complexity index is 722. The predicted molar refractivity (Wildman–Crippen MR) is 105 cm³/mol. The smallest absolute Gasteiger partial charge is 0.341 e. The lowest BCUT2D eigenvalue weighted by molar-refractivity contribution is -0.142. The van der Waals surface area contributed by atoms with E-state index in [0.717, 1.165) is 36.1 Å². The van der Waals surface area contributed by atoms with Crippen molar-refractivity contribution in [1.29, 1.82) is 0 Å². The van der Waals surface area contributed by atoms with Crippen LogP contribution in [-0.2, 0) is 31.9 Å². The van der Waals surface area contributed by atoms with Crippen LogP contribution in [0, 0.1) is 11.3 Å². The first-order chi connectivity index (χ1) is 12.7. The van der Waals surface area contributed by atoms with Crippen LogP contribution in [0.15, 0.2) is 0 Å². The summed E-state index contributed by atoms with van der Waals surface area (Å²) < 4.78 is 9.75. The fourth-order valence-electron chi connectivity index (χ4n) is 3.42. The highest BCUT2D eigenvalue weighted by molar-refractivity contribution is 7.17. The number of fused-ring (bicyclic) bond motifs is 1. The van der Waals surface area contributed by atoms with E-state index in [1.807, 2.05) is 0 Å². The summed E-state index contributed by atoms with van der Waals surface area (Å²) in [7, 11) is 1.24. The van der Waals surface area contributed by atoms with Gasteiger partial charge in [-0.2, -0.15) is 0 Å². The first kappa shape index (κ1) is 21.4. The van der Waals surface area contributed by atoms with Crippen molar-refractivity contribution in [2.24, 2.45) is 11.3 Å². The SMILES string of the molecule is CCOC(=O)c1c(NC(=O)CC(=O)OC)sc2c1CC[C@@H](C(C)(C)CC)C2. The number of carbonyl (C=O) groups excluding carboxylic acids is 3. The third kappa shape index (κ3) is 4.89. The van der Waals surface area contributed by atoms with Crippen molar-refractivity contribution < 1.29 is 23.9 Å². The summed E-state index contributed by atoms with van der Waals surface area (Å²) in [5, 5.41) is 3.19. The molecule has 0 spiro atoms. The highest BCUT2D eigenvalue weighted by atomic mass is 32.1. The van der Waals surface area contributed by atoms with Gasteiger partial charge >= 0.3 is 11.9 Å². The number of amides is 1. The third-order valence-corrected chi connectivity index (χ3v) is 6.72. The Morgan fingerprint density at radius 3 is 2.56 bits per heavy atom. The molecule has 1 aromatic heterocycles. The maximum atomic E-state index is 12.5. The molecule has 1 aromatic rings. The molecule has 1 N–H and O–H groups in total. The number of anilines is 1. The van der Waals surface area contributed by atoms with Gasteiger partial charge in [-0.25, -0.2) is 4.79 Å². The van der Waals surface area contributed by atoms with Crippen LogP contribution in [0.2, 0.25) is 0 Å². The van der Waals surface area contributed by atoms with Crippen LogP contribution in [0.3, 0.4) is 0 Å². The third-order valence-electron chi connectivity index (χ3n) is 5.55. The lowest BCUT2D eigenvalue weighted by Gasteiger charge is -2.36. The molecule has 0 aliphatic heterocycles. The number of methoxy groups -OCH3 is 1. The van der Waals surface area contributed by atoms with Crippen LogP contribution < -0.4 is 5.32 Å². The summed E-state index contributed by atoms with van der Waals surface area (Å²) in [6, 6.07) is 0. The van der Waals surface area contributed by atoms with Gasteiger partial charge in [0.25, 0.3) is 0 Å². The number of hydrogen-bond acceptors (Lipinski definition) is 6. The molecule has 1 aliphatic carbocycles. The number of hydrogen-bond donors (Lipinski definition) is 1. The molecule has 1 heterocycles. The first-order valence-electron chi connectivity index (χ1n) is 9.41. The van der Waals surface area contributed by atoms with E-state index in [0.29, 0.717) is 16.5 Å². The van der Waals surface area contributed by atoms with E-state index >= 15 is 0 Å². The Morgan fingerprint density at radius 1 is 1.26 bits per heavy atom. The van der Waals surface area contributed by atoms with Crippen molar-refractivity contribution in [3.63, 3.8) is 0 Å². The molecule has 1 amide bonds. The van der Waals surface area contributed by atoms with E-state index in [4.69, 9.17) is 4.74 Å². The molecule has 0 bridgehead atoms. The van der Waals surface area contributed by atoms with Crippen LogP contribution in [0.1, 0.15) is 67.8 Å². The van der Waals surface area contributed by atoms with Crippen molar-refractivity contribution >= 4 is 34.2 Å². The Morgan fingerprint density at radius 2 is 1.96 bits per heavy atom. The van der Waals surface area contributed by atoms with Gasteiger partial charge in [-0.1, -0.05) is 27.2 Å². The van der Waals surface area contributed by atoms with Crippen LogP contribution in [0.4, 0.5) is 5.00 Å². The number of esters is 2. The van der Waals surface area contributed by atoms with Crippen LogP contribution >= 0.6 is 11.3 Å². The molecule has 0 aromatic carbocycles. The number of carbonyl (C=O) groups is 3. The maximum absolute atomic E-state index is 12.5.